The molecule has 0 aromatic rings. The Kier molecular flexibility index (Phi) is 7.93. The third-order valence-electron chi connectivity index (χ3n) is 5.43. The molecular weight excluding hydrogens is 284 g/mol. The summed E-state index contributed by atoms with van der Waals surface area (Å²) in [6, 6.07) is 0.553. The van der Waals surface area contributed by atoms with Crippen LogP contribution in [0.5, 0.6) is 0 Å². The quantitative estimate of drug-likeness (QED) is 0.449. The maximum absolute atomic E-state index is 4.40. The van der Waals surface area contributed by atoms with Crippen LogP contribution >= 0.6 is 0 Å². The molecule has 2 atom stereocenters. The van der Waals surface area contributed by atoms with Crippen LogP contribution in [0, 0.1) is 11.8 Å². The van der Waals surface area contributed by atoms with Gasteiger partial charge < -0.3 is 10.6 Å². The number of hydrogen-bond acceptors (Lipinski definition) is 2. The van der Waals surface area contributed by atoms with Crippen molar-refractivity contribution < 1.29 is 0 Å². The van der Waals surface area contributed by atoms with E-state index in [1.807, 2.05) is 13.1 Å². The minimum Gasteiger partial charge on any atom is -0.356 e. The van der Waals surface area contributed by atoms with E-state index in [0.29, 0.717) is 6.04 Å². The Balaban J connectivity index is 1.63. The summed E-state index contributed by atoms with van der Waals surface area (Å²) in [6.07, 6.45) is 11.3. The number of nitrogens with one attached hydrogen (secondary N) is 2. The van der Waals surface area contributed by atoms with Crippen LogP contribution in [0.2, 0.25) is 0 Å². The first kappa shape index (κ1) is 18.3. The predicted molar refractivity (Wildman–Crippen MR) is 99.9 cm³/mol. The average Bonchev–Trinajstić information content (AvgIpc) is 2.56. The van der Waals surface area contributed by atoms with Crippen molar-refractivity contribution in [3.05, 3.63) is 12.7 Å². The molecule has 2 N–H and O–H groups in total. The highest BCUT2D eigenvalue weighted by molar-refractivity contribution is 5.79. The zero-order chi connectivity index (χ0) is 16.5. The third kappa shape index (κ3) is 6.54. The zero-order valence-corrected chi connectivity index (χ0v) is 15.2. The van der Waals surface area contributed by atoms with Gasteiger partial charge in [-0.3, -0.25) is 9.89 Å². The minimum absolute atomic E-state index is 0.553. The lowest BCUT2D eigenvalue weighted by Crippen LogP contribution is -2.48. The number of guanidine groups is 1. The first-order valence-corrected chi connectivity index (χ1v) is 9.51. The summed E-state index contributed by atoms with van der Waals surface area (Å²) in [7, 11) is 1.88. The number of nitrogens with zero attached hydrogens (tertiary/aromatic N) is 2. The SMILES string of the molecule is C=CCN1CCC(NC(=NC)NCCC2CCCC(C)C2)CC1. The molecule has 1 aliphatic carbocycles. The summed E-state index contributed by atoms with van der Waals surface area (Å²) < 4.78 is 0. The number of likely N-dealkylation sites (tertiary alicyclic amines) is 1. The van der Waals surface area contributed by atoms with E-state index in [-0.39, 0.29) is 0 Å². The average molecular weight is 321 g/mol. The molecule has 1 saturated heterocycles. The molecule has 0 amide bonds. The van der Waals surface area contributed by atoms with E-state index >= 15 is 0 Å². The zero-order valence-electron chi connectivity index (χ0n) is 15.2. The van der Waals surface area contributed by atoms with E-state index in [4.69, 9.17) is 0 Å². The van der Waals surface area contributed by atoms with Crippen molar-refractivity contribution in [2.45, 2.75) is 57.9 Å². The van der Waals surface area contributed by atoms with Gasteiger partial charge in [0.1, 0.15) is 0 Å². The normalized spacial score (nSPS) is 27.7. The van der Waals surface area contributed by atoms with E-state index in [9.17, 15) is 0 Å². The highest BCUT2D eigenvalue weighted by Crippen LogP contribution is 2.30. The van der Waals surface area contributed by atoms with Crippen LogP contribution in [0.4, 0.5) is 0 Å². The standard InChI is InChI=1S/C19H36N4/c1-4-12-23-13-9-18(10-14-23)22-19(20-3)21-11-8-17-7-5-6-16(2)15-17/h4,16-18H,1,5-15H2,2-3H3,(H2,20,21,22). The molecule has 0 aromatic heterocycles. The molecule has 132 valence electrons. The van der Waals surface area contributed by atoms with Crippen molar-refractivity contribution in [3.8, 4) is 0 Å². The van der Waals surface area contributed by atoms with Crippen molar-refractivity contribution in [1.29, 1.82) is 0 Å². The molecule has 2 unspecified atom stereocenters. The fraction of sp³-hybridized carbons (Fsp3) is 0.842. The van der Waals surface area contributed by atoms with Gasteiger partial charge in [0.25, 0.3) is 0 Å². The summed E-state index contributed by atoms with van der Waals surface area (Å²) in [6.45, 7) is 10.6. The predicted octanol–water partition coefficient (Wildman–Crippen LogP) is 3.02. The fourth-order valence-electron chi connectivity index (χ4n) is 4.05. The van der Waals surface area contributed by atoms with Gasteiger partial charge in [-0.1, -0.05) is 32.3 Å². The van der Waals surface area contributed by atoms with E-state index in [2.05, 4.69) is 34.0 Å². The van der Waals surface area contributed by atoms with E-state index in [1.165, 1.54) is 44.9 Å². The summed E-state index contributed by atoms with van der Waals surface area (Å²) in [5.74, 6) is 2.81. The maximum atomic E-state index is 4.40. The first-order valence-electron chi connectivity index (χ1n) is 9.51. The largest absolute Gasteiger partial charge is 0.356 e. The Morgan fingerprint density at radius 2 is 2.04 bits per heavy atom. The summed E-state index contributed by atoms with van der Waals surface area (Å²) in [4.78, 5) is 6.86. The summed E-state index contributed by atoms with van der Waals surface area (Å²) >= 11 is 0. The van der Waals surface area contributed by atoms with Crippen LogP contribution in [0.1, 0.15) is 51.9 Å². The topological polar surface area (TPSA) is 39.7 Å². The highest BCUT2D eigenvalue weighted by atomic mass is 15.2. The van der Waals surface area contributed by atoms with Crippen molar-refractivity contribution in [2.24, 2.45) is 16.8 Å². The monoisotopic (exact) mass is 320 g/mol. The molecule has 4 nitrogen and oxygen atoms in total. The molecule has 2 fully saturated rings. The van der Waals surface area contributed by atoms with Crippen LogP contribution in [0.25, 0.3) is 0 Å². The van der Waals surface area contributed by atoms with Crippen molar-refractivity contribution in [2.75, 3.05) is 33.2 Å². The lowest BCUT2D eigenvalue weighted by atomic mass is 9.81. The number of hydrogen-bond donors (Lipinski definition) is 2. The van der Waals surface area contributed by atoms with Crippen LogP contribution < -0.4 is 10.6 Å². The lowest BCUT2D eigenvalue weighted by Gasteiger charge is -2.32. The number of aliphatic imine (C=N–C) groups is 1. The van der Waals surface area contributed by atoms with Crippen LogP contribution in [-0.4, -0.2) is 50.1 Å². The Labute approximate surface area is 142 Å². The molecule has 1 heterocycles. The molecule has 0 aromatic carbocycles. The Hall–Kier alpha value is -1.03. The maximum Gasteiger partial charge on any atom is 0.191 e. The molecule has 0 bridgehead atoms. The van der Waals surface area contributed by atoms with Crippen molar-refractivity contribution in [3.63, 3.8) is 0 Å². The smallest absolute Gasteiger partial charge is 0.191 e. The van der Waals surface area contributed by atoms with Crippen molar-refractivity contribution in [1.82, 2.24) is 15.5 Å². The molecule has 1 aliphatic heterocycles. The second kappa shape index (κ2) is 9.96. The van der Waals surface area contributed by atoms with Gasteiger partial charge in [-0.05, 0) is 37.5 Å². The van der Waals surface area contributed by atoms with Crippen molar-refractivity contribution >= 4 is 5.96 Å². The van der Waals surface area contributed by atoms with Gasteiger partial charge in [-0.25, -0.2) is 0 Å². The Morgan fingerprint density at radius 1 is 1.26 bits per heavy atom. The Morgan fingerprint density at radius 3 is 2.70 bits per heavy atom. The van der Waals surface area contributed by atoms with Crippen LogP contribution in [-0.2, 0) is 0 Å². The number of piperidine rings is 1. The molecular formula is C19H36N4. The van der Waals surface area contributed by atoms with E-state index in [0.717, 1.165) is 44.0 Å². The fourth-order valence-corrected chi connectivity index (χ4v) is 4.05. The molecule has 0 radical (unpaired) electrons. The minimum atomic E-state index is 0.553. The molecule has 2 rings (SSSR count). The van der Waals surface area contributed by atoms with Gasteiger partial charge in [0.2, 0.25) is 0 Å². The molecule has 4 heteroatoms. The third-order valence-corrected chi connectivity index (χ3v) is 5.43. The first-order chi connectivity index (χ1) is 11.2. The molecule has 2 aliphatic rings. The second-order valence-electron chi connectivity index (χ2n) is 7.43. The summed E-state index contributed by atoms with van der Waals surface area (Å²) in [5, 5.41) is 7.13. The van der Waals surface area contributed by atoms with E-state index in [1.54, 1.807) is 0 Å². The van der Waals surface area contributed by atoms with Gasteiger partial charge in [0.05, 0.1) is 0 Å². The highest BCUT2D eigenvalue weighted by Gasteiger charge is 2.20. The Bertz CT molecular complexity index is 372. The molecule has 23 heavy (non-hydrogen) atoms. The van der Waals surface area contributed by atoms with Gasteiger partial charge in [-0.15, -0.1) is 6.58 Å². The van der Waals surface area contributed by atoms with E-state index < -0.39 is 0 Å². The van der Waals surface area contributed by atoms with Gasteiger partial charge >= 0.3 is 0 Å². The lowest BCUT2D eigenvalue weighted by molar-refractivity contribution is 0.225. The number of rotatable bonds is 6. The van der Waals surface area contributed by atoms with Gasteiger partial charge in [0, 0.05) is 39.3 Å². The van der Waals surface area contributed by atoms with Gasteiger partial charge in [0.15, 0.2) is 5.96 Å². The van der Waals surface area contributed by atoms with Crippen LogP contribution in [0.15, 0.2) is 17.6 Å². The van der Waals surface area contributed by atoms with Gasteiger partial charge in [-0.2, -0.15) is 0 Å². The molecule has 0 spiro atoms. The molecule has 1 saturated carbocycles. The summed E-state index contributed by atoms with van der Waals surface area (Å²) in [5.41, 5.74) is 0. The second-order valence-corrected chi connectivity index (χ2v) is 7.43. The van der Waals surface area contributed by atoms with Crippen LogP contribution in [0.3, 0.4) is 0 Å².